The molecule has 108 valence electrons. The highest BCUT2D eigenvalue weighted by Crippen LogP contribution is 2.36. The van der Waals surface area contributed by atoms with Gasteiger partial charge in [0.05, 0.1) is 6.04 Å². The molecular weight excluding hydrogens is 348 g/mol. The van der Waals surface area contributed by atoms with Gasteiger partial charge in [-0.3, -0.25) is 0 Å². The molecule has 20 heavy (non-hydrogen) atoms. The number of aryl methyl sites for hydroxylation is 1. The lowest BCUT2D eigenvalue weighted by molar-refractivity contribution is -0.0498. The van der Waals surface area contributed by atoms with E-state index in [2.05, 4.69) is 26.0 Å². The van der Waals surface area contributed by atoms with Crippen molar-refractivity contribution >= 4 is 27.3 Å². The van der Waals surface area contributed by atoms with Crippen LogP contribution in [0.3, 0.4) is 0 Å². The number of benzene rings is 1. The van der Waals surface area contributed by atoms with Crippen LogP contribution >= 0.6 is 27.3 Å². The lowest BCUT2D eigenvalue weighted by Gasteiger charge is -2.17. The molecule has 2 aromatic rings. The smallest absolute Gasteiger partial charge is 0.387 e. The number of ether oxygens (including phenoxy) is 1. The van der Waals surface area contributed by atoms with Crippen LogP contribution in [0.5, 0.6) is 5.75 Å². The summed E-state index contributed by atoms with van der Waals surface area (Å²) >= 11 is 5.20. The maximum atomic E-state index is 12.3. The van der Waals surface area contributed by atoms with Crippen molar-refractivity contribution in [1.29, 1.82) is 0 Å². The van der Waals surface area contributed by atoms with E-state index in [1.54, 1.807) is 23.5 Å². The Bertz CT molecular complexity index is 588. The first-order valence-electron chi connectivity index (χ1n) is 5.99. The quantitative estimate of drug-likeness (QED) is 0.830. The number of nitrogens with one attached hydrogen (secondary N) is 1. The molecule has 1 aromatic carbocycles. The normalized spacial score (nSPS) is 12.7. The average Bonchev–Trinajstić information content (AvgIpc) is 2.69. The maximum absolute atomic E-state index is 12.3. The zero-order chi connectivity index (χ0) is 14.7. The summed E-state index contributed by atoms with van der Waals surface area (Å²) in [5, 5.41) is 3.21. The van der Waals surface area contributed by atoms with Crippen LogP contribution in [-0.2, 0) is 0 Å². The van der Waals surface area contributed by atoms with Crippen molar-refractivity contribution in [2.24, 2.45) is 0 Å². The molecule has 1 unspecified atom stereocenters. The van der Waals surface area contributed by atoms with E-state index in [0.717, 1.165) is 14.9 Å². The molecule has 0 aliphatic carbocycles. The van der Waals surface area contributed by atoms with E-state index in [0.29, 0.717) is 0 Å². The van der Waals surface area contributed by atoms with Gasteiger partial charge in [0, 0.05) is 14.2 Å². The number of alkyl halides is 2. The van der Waals surface area contributed by atoms with Crippen molar-refractivity contribution in [1.82, 2.24) is 5.32 Å². The Hall–Kier alpha value is -0.980. The Morgan fingerprint density at radius 1 is 1.30 bits per heavy atom. The van der Waals surface area contributed by atoms with E-state index in [1.807, 2.05) is 26.1 Å². The summed E-state index contributed by atoms with van der Waals surface area (Å²) in [5.41, 5.74) is 0.883. The lowest BCUT2D eigenvalue weighted by Crippen LogP contribution is -2.17. The number of rotatable bonds is 5. The Morgan fingerprint density at radius 3 is 2.60 bits per heavy atom. The highest BCUT2D eigenvalue weighted by atomic mass is 79.9. The topological polar surface area (TPSA) is 21.3 Å². The van der Waals surface area contributed by atoms with Crippen LogP contribution in [0.15, 0.2) is 34.8 Å². The molecule has 1 aromatic heterocycles. The second kappa shape index (κ2) is 6.65. The van der Waals surface area contributed by atoms with Crippen molar-refractivity contribution < 1.29 is 13.5 Å². The molecule has 0 amide bonds. The molecule has 0 aliphatic heterocycles. The molecule has 6 heteroatoms. The predicted octanol–water partition coefficient (Wildman–Crippen LogP) is 4.73. The fraction of sp³-hybridized carbons (Fsp3) is 0.286. The average molecular weight is 362 g/mol. The van der Waals surface area contributed by atoms with Gasteiger partial charge in [0.2, 0.25) is 0 Å². The first-order chi connectivity index (χ1) is 9.51. The van der Waals surface area contributed by atoms with Gasteiger partial charge in [0.1, 0.15) is 5.75 Å². The molecule has 2 nitrogen and oxygen atoms in total. The molecule has 0 spiro atoms. The minimum Gasteiger partial charge on any atom is -0.435 e. The fourth-order valence-corrected chi connectivity index (χ4v) is 4.04. The molecule has 0 saturated carbocycles. The van der Waals surface area contributed by atoms with Gasteiger partial charge >= 0.3 is 6.61 Å². The van der Waals surface area contributed by atoms with Gasteiger partial charge in [-0.1, -0.05) is 12.1 Å². The first kappa shape index (κ1) is 15.4. The van der Waals surface area contributed by atoms with Crippen LogP contribution in [0.25, 0.3) is 0 Å². The molecule has 0 radical (unpaired) electrons. The minimum atomic E-state index is -2.81. The van der Waals surface area contributed by atoms with Crippen molar-refractivity contribution in [3.8, 4) is 5.75 Å². The summed E-state index contributed by atoms with van der Waals surface area (Å²) in [6, 6.07) is 8.74. The number of hydrogen-bond donors (Lipinski definition) is 1. The van der Waals surface area contributed by atoms with E-state index in [9.17, 15) is 8.78 Å². The van der Waals surface area contributed by atoms with E-state index < -0.39 is 6.61 Å². The summed E-state index contributed by atoms with van der Waals surface area (Å²) in [4.78, 5) is 2.30. The highest BCUT2D eigenvalue weighted by molar-refractivity contribution is 9.10. The van der Waals surface area contributed by atoms with Crippen LogP contribution in [0, 0.1) is 6.92 Å². The van der Waals surface area contributed by atoms with Gasteiger partial charge in [0.25, 0.3) is 0 Å². The third kappa shape index (κ3) is 3.56. The second-order valence-electron chi connectivity index (χ2n) is 4.24. The van der Waals surface area contributed by atoms with E-state index in [4.69, 9.17) is 0 Å². The monoisotopic (exact) mass is 361 g/mol. The number of thiophene rings is 1. The van der Waals surface area contributed by atoms with Gasteiger partial charge in [-0.05, 0) is 53.7 Å². The van der Waals surface area contributed by atoms with Crippen molar-refractivity contribution in [2.45, 2.75) is 19.6 Å². The van der Waals surface area contributed by atoms with Gasteiger partial charge in [-0.2, -0.15) is 8.78 Å². The van der Waals surface area contributed by atoms with E-state index >= 15 is 0 Å². The highest BCUT2D eigenvalue weighted by Gasteiger charge is 2.18. The van der Waals surface area contributed by atoms with Crippen molar-refractivity contribution in [3.05, 3.63) is 50.1 Å². The molecular formula is C14H14BrF2NOS. The van der Waals surface area contributed by atoms with E-state index in [-0.39, 0.29) is 11.8 Å². The van der Waals surface area contributed by atoms with Gasteiger partial charge < -0.3 is 10.1 Å². The Balaban J connectivity index is 2.34. The summed E-state index contributed by atoms with van der Waals surface area (Å²) in [7, 11) is 1.84. The van der Waals surface area contributed by atoms with Gasteiger partial charge in [-0.15, -0.1) is 11.3 Å². The lowest BCUT2D eigenvalue weighted by atomic mass is 10.1. The first-order valence-corrected chi connectivity index (χ1v) is 7.60. The van der Waals surface area contributed by atoms with Gasteiger partial charge in [-0.25, -0.2) is 0 Å². The molecule has 2 rings (SSSR count). The van der Waals surface area contributed by atoms with Crippen LogP contribution in [0.1, 0.15) is 21.4 Å². The molecule has 0 bridgehead atoms. The Morgan fingerprint density at radius 2 is 2.05 bits per heavy atom. The Labute approximate surface area is 128 Å². The van der Waals surface area contributed by atoms with Crippen molar-refractivity contribution in [3.63, 3.8) is 0 Å². The number of hydrogen-bond acceptors (Lipinski definition) is 3. The van der Waals surface area contributed by atoms with Crippen LogP contribution in [0.2, 0.25) is 0 Å². The minimum absolute atomic E-state index is 0.0655. The van der Waals surface area contributed by atoms with Crippen LogP contribution in [-0.4, -0.2) is 13.7 Å². The summed E-state index contributed by atoms with van der Waals surface area (Å²) in [6.45, 7) is -0.781. The molecule has 0 aliphatic rings. The predicted molar refractivity (Wildman–Crippen MR) is 80.7 cm³/mol. The standard InChI is InChI=1S/C14H14BrF2NOS/c1-8-6-11(15)13(20-8)12(18-2)9-4-3-5-10(7-9)19-14(16)17/h3-7,12,14,18H,1-2H3. The van der Waals surface area contributed by atoms with Crippen LogP contribution in [0.4, 0.5) is 8.78 Å². The maximum Gasteiger partial charge on any atom is 0.387 e. The fourth-order valence-electron chi connectivity index (χ4n) is 2.02. The third-order valence-electron chi connectivity index (χ3n) is 2.80. The molecule has 1 N–H and O–H groups in total. The number of halogens is 3. The summed E-state index contributed by atoms with van der Waals surface area (Å²) < 4.78 is 30.0. The zero-order valence-corrected chi connectivity index (χ0v) is 13.4. The summed E-state index contributed by atoms with van der Waals surface area (Å²) in [6.07, 6.45) is 0. The largest absolute Gasteiger partial charge is 0.435 e. The van der Waals surface area contributed by atoms with Crippen molar-refractivity contribution in [2.75, 3.05) is 7.05 Å². The molecule has 1 heterocycles. The SMILES string of the molecule is CNC(c1cccc(OC(F)F)c1)c1sc(C)cc1Br. The van der Waals surface area contributed by atoms with Gasteiger partial charge in [0.15, 0.2) is 0 Å². The zero-order valence-electron chi connectivity index (χ0n) is 11.0. The summed E-state index contributed by atoms with van der Waals surface area (Å²) in [5.74, 6) is 0.169. The molecule has 1 atom stereocenters. The Kier molecular flexibility index (Phi) is 5.12. The third-order valence-corrected chi connectivity index (χ3v) is 4.84. The molecule has 0 fully saturated rings. The molecule has 0 saturated heterocycles. The van der Waals surface area contributed by atoms with Crippen LogP contribution < -0.4 is 10.1 Å². The van der Waals surface area contributed by atoms with E-state index in [1.165, 1.54) is 10.9 Å². The second-order valence-corrected chi connectivity index (χ2v) is 6.38.